The third kappa shape index (κ3) is 2.71. The van der Waals surface area contributed by atoms with Crippen molar-refractivity contribution in [3.8, 4) is 0 Å². The third-order valence-corrected chi connectivity index (χ3v) is 1.84. The zero-order valence-electron chi connectivity index (χ0n) is 7.99. The Balaban J connectivity index is 2.74. The molecule has 0 atom stereocenters. The molecule has 0 aliphatic carbocycles. The Bertz CT molecular complexity index is 334. The van der Waals surface area contributed by atoms with Crippen molar-refractivity contribution in [2.75, 3.05) is 5.32 Å². The van der Waals surface area contributed by atoms with E-state index < -0.39 is 0 Å². The maximum absolute atomic E-state index is 11.3. The number of hydrogen-bond donors (Lipinski definition) is 2. The number of carbonyl (C=O) groups is 1. The van der Waals surface area contributed by atoms with E-state index in [0.717, 1.165) is 11.3 Å². The number of amides is 1. The molecule has 0 aliphatic rings. The van der Waals surface area contributed by atoms with Gasteiger partial charge >= 0.3 is 0 Å². The number of nitrogens with two attached hydrogens (primary N) is 1. The molecule has 1 amide bonds. The Kier molecular flexibility index (Phi) is 3.88. The predicted molar refractivity (Wildman–Crippen MR) is 57.8 cm³/mol. The lowest BCUT2D eigenvalue weighted by molar-refractivity contribution is -0.115. The highest BCUT2D eigenvalue weighted by atomic mass is 16.1. The Morgan fingerprint density at radius 1 is 1.50 bits per heavy atom. The van der Waals surface area contributed by atoms with Gasteiger partial charge in [0.05, 0.1) is 0 Å². The van der Waals surface area contributed by atoms with Gasteiger partial charge in [-0.2, -0.15) is 0 Å². The second-order valence-electron chi connectivity index (χ2n) is 2.90. The van der Waals surface area contributed by atoms with Crippen LogP contribution >= 0.6 is 0 Å². The average Bonchev–Trinajstić information content (AvgIpc) is 2.19. The van der Waals surface area contributed by atoms with E-state index in [1.165, 1.54) is 0 Å². The summed E-state index contributed by atoms with van der Waals surface area (Å²) in [5.41, 5.74) is 7.24. The molecule has 14 heavy (non-hydrogen) atoms. The molecule has 0 bridgehead atoms. The molecule has 0 aliphatic heterocycles. The minimum absolute atomic E-state index is 0.0686. The van der Waals surface area contributed by atoms with E-state index in [1.54, 1.807) is 6.08 Å². The van der Waals surface area contributed by atoms with E-state index in [0.29, 0.717) is 13.0 Å². The van der Waals surface area contributed by atoms with Crippen LogP contribution in [0.3, 0.4) is 0 Å². The highest BCUT2D eigenvalue weighted by Crippen LogP contribution is 2.14. The molecule has 0 spiro atoms. The average molecular weight is 190 g/mol. The summed E-state index contributed by atoms with van der Waals surface area (Å²) in [6, 6.07) is 7.49. The van der Waals surface area contributed by atoms with E-state index in [4.69, 9.17) is 5.73 Å². The van der Waals surface area contributed by atoms with Crippen molar-refractivity contribution in [1.29, 1.82) is 0 Å². The van der Waals surface area contributed by atoms with Gasteiger partial charge in [0, 0.05) is 18.7 Å². The van der Waals surface area contributed by atoms with Crippen molar-refractivity contribution in [3.05, 3.63) is 42.5 Å². The van der Waals surface area contributed by atoms with Crippen molar-refractivity contribution in [3.63, 3.8) is 0 Å². The van der Waals surface area contributed by atoms with Crippen LogP contribution < -0.4 is 11.1 Å². The van der Waals surface area contributed by atoms with Gasteiger partial charge in [0.1, 0.15) is 0 Å². The zero-order chi connectivity index (χ0) is 10.4. The normalized spacial score (nSPS) is 9.50. The molecule has 0 heterocycles. The first kappa shape index (κ1) is 10.5. The van der Waals surface area contributed by atoms with Gasteiger partial charge in [0.15, 0.2) is 0 Å². The Labute approximate surface area is 83.6 Å². The molecule has 3 nitrogen and oxygen atoms in total. The smallest absolute Gasteiger partial charge is 0.228 e. The molecule has 1 aromatic rings. The summed E-state index contributed by atoms with van der Waals surface area (Å²) in [5, 5.41) is 2.77. The van der Waals surface area contributed by atoms with Gasteiger partial charge in [-0.05, 0) is 11.6 Å². The van der Waals surface area contributed by atoms with Gasteiger partial charge < -0.3 is 11.1 Å². The zero-order valence-corrected chi connectivity index (χ0v) is 7.99. The Morgan fingerprint density at radius 2 is 2.21 bits per heavy atom. The number of carbonyl (C=O) groups excluding carboxylic acids is 1. The first-order valence-corrected chi connectivity index (χ1v) is 4.46. The topological polar surface area (TPSA) is 55.1 Å². The van der Waals surface area contributed by atoms with Crippen molar-refractivity contribution in [2.45, 2.75) is 13.0 Å². The number of hydrogen-bond acceptors (Lipinski definition) is 2. The molecule has 1 rings (SSSR count). The van der Waals surface area contributed by atoms with Gasteiger partial charge in [0.25, 0.3) is 0 Å². The lowest BCUT2D eigenvalue weighted by atomic mass is 10.2. The van der Waals surface area contributed by atoms with Crippen molar-refractivity contribution < 1.29 is 4.79 Å². The number of rotatable bonds is 4. The van der Waals surface area contributed by atoms with E-state index in [9.17, 15) is 4.79 Å². The molecule has 0 saturated heterocycles. The van der Waals surface area contributed by atoms with Gasteiger partial charge in [-0.25, -0.2) is 0 Å². The van der Waals surface area contributed by atoms with Gasteiger partial charge in [-0.3, -0.25) is 4.79 Å². The van der Waals surface area contributed by atoms with E-state index in [2.05, 4.69) is 11.9 Å². The maximum atomic E-state index is 11.3. The standard InChI is InChI=1S/C11H14N2O/c1-2-5-11(14)13-10-7-4-3-6-9(10)8-12/h2-4,6-7H,1,5,8,12H2,(H,13,14). The molecule has 0 saturated carbocycles. The lowest BCUT2D eigenvalue weighted by Gasteiger charge is -2.08. The molecule has 3 N–H and O–H groups in total. The summed E-state index contributed by atoms with van der Waals surface area (Å²) in [4.78, 5) is 11.3. The van der Waals surface area contributed by atoms with Crippen LogP contribution in [-0.2, 0) is 11.3 Å². The summed E-state index contributed by atoms with van der Waals surface area (Å²) in [7, 11) is 0. The summed E-state index contributed by atoms with van der Waals surface area (Å²) in [6.07, 6.45) is 1.89. The first-order valence-electron chi connectivity index (χ1n) is 4.46. The number of anilines is 1. The van der Waals surface area contributed by atoms with Gasteiger partial charge in [-0.1, -0.05) is 24.3 Å². The van der Waals surface area contributed by atoms with E-state index in [1.807, 2.05) is 24.3 Å². The van der Waals surface area contributed by atoms with Crippen LogP contribution in [0, 0.1) is 0 Å². The molecule has 0 unspecified atom stereocenters. The minimum atomic E-state index is -0.0686. The number of benzene rings is 1. The molecular formula is C11H14N2O. The first-order chi connectivity index (χ1) is 6.77. The summed E-state index contributed by atoms with van der Waals surface area (Å²) >= 11 is 0. The largest absolute Gasteiger partial charge is 0.326 e. The van der Waals surface area contributed by atoms with Crippen LogP contribution in [-0.4, -0.2) is 5.91 Å². The van der Waals surface area contributed by atoms with Crippen LogP contribution in [0.15, 0.2) is 36.9 Å². The molecule has 0 fully saturated rings. The molecule has 0 aromatic heterocycles. The fraction of sp³-hybridized carbons (Fsp3) is 0.182. The van der Waals surface area contributed by atoms with E-state index >= 15 is 0 Å². The molecule has 0 radical (unpaired) electrons. The molecule has 3 heteroatoms. The third-order valence-electron chi connectivity index (χ3n) is 1.84. The molecular weight excluding hydrogens is 176 g/mol. The predicted octanol–water partition coefficient (Wildman–Crippen LogP) is 1.66. The van der Waals surface area contributed by atoms with Crippen molar-refractivity contribution in [2.24, 2.45) is 5.73 Å². The SMILES string of the molecule is C=CCC(=O)Nc1ccccc1CN. The van der Waals surface area contributed by atoms with Gasteiger partial charge in [-0.15, -0.1) is 6.58 Å². The Hall–Kier alpha value is -1.61. The Morgan fingerprint density at radius 3 is 2.86 bits per heavy atom. The van der Waals surface area contributed by atoms with Gasteiger partial charge in [0.2, 0.25) is 5.91 Å². The highest BCUT2D eigenvalue weighted by Gasteiger charge is 2.02. The van der Waals surface area contributed by atoms with E-state index in [-0.39, 0.29) is 5.91 Å². The van der Waals surface area contributed by atoms with Crippen molar-refractivity contribution >= 4 is 11.6 Å². The fourth-order valence-corrected chi connectivity index (χ4v) is 1.15. The van der Waals surface area contributed by atoms with Crippen LogP contribution in [0.5, 0.6) is 0 Å². The van der Waals surface area contributed by atoms with Crippen LogP contribution in [0.2, 0.25) is 0 Å². The maximum Gasteiger partial charge on any atom is 0.228 e. The second kappa shape index (κ2) is 5.19. The fourth-order valence-electron chi connectivity index (χ4n) is 1.15. The summed E-state index contributed by atoms with van der Waals surface area (Å²) in [6.45, 7) is 3.92. The molecule has 74 valence electrons. The quantitative estimate of drug-likeness (QED) is 0.709. The van der Waals surface area contributed by atoms with Crippen LogP contribution in [0.25, 0.3) is 0 Å². The number of nitrogens with one attached hydrogen (secondary N) is 1. The highest BCUT2D eigenvalue weighted by molar-refractivity contribution is 5.92. The lowest BCUT2D eigenvalue weighted by Crippen LogP contribution is -2.12. The number of para-hydroxylation sites is 1. The second-order valence-corrected chi connectivity index (χ2v) is 2.90. The van der Waals surface area contributed by atoms with Crippen molar-refractivity contribution in [1.82, 2.24) is 0 Å². The van der Waals surface area contributed by atoms with Crippen LogP contribution in [0.1, 0.15) is 12.0 Å². The molecule has 1 aromatic carbocycles. The van der Waals surface area contributed by atoms with Crippen LogP contribution in [0.4, 0.5) is 5.69 Å². The summed E-state index contributed by atoms with van der Waals surface area (Å²) in [5.74, 6) is -0.0686. The minimum Gasteiger partial charge on any atom is -0.326 e. The summed E-state index contributed by atoms with van der Waals surface area (Å²) < 4.78 is 0. The monoisotopic (exact) mass is 190 g/mol.